The maximum Gasteiger partial charge on any atom is 0.355 e. The molecule has 3 N–H and O–H groups in total. The molecule has 11 rings (SSSR count). The Morgan fingerprint density at radius 3 is 2.40 bits per heavy atom. The maximum absolute atomic E-state index is 13.8. The van der Waals surface area contributed by atoms with Crippen LogP contribution in [0.3, 0.4) is 0 Å². The number of anilines is 3. The van der Waals surface area contributed by atoms with E-state index < -0.39 is 11.9 Å². The van der Waals surface area contributed by atoms with Crippen LogP contribution in [0.2, 0.25) is 0 Å². The Labute approximate surface area is 445 Å². The predicted octanol–water partition coefficient (Wildman–Crippen LogP) is 6.63. The summed E-state index contributed by atoms with van der Waals surface area (Å²) < 4.78 is 13.8. The molecule has 0 spiro atoms. The number of carboxylic acid groups (broad SMARTS) is 1. The summed E-state index contributed by atoms with van der Waals surface area (Å²) in [6.45, 7) is 13.3. The van der Waals surface area contributed by atoms with Crippen LogP contribution in [0.15, 0.2) is 95.4 Å². The molecule has 19 nitrogen and oxygen atoms in total. The molecular formula is C58H63N11O8. The van der Waals surface area contributed by atoms with Crippen molar-refractivity contribution in [3.8, 4) is 16.9 Å². The van der Waals surface area contributed by atoms with Crippen molar-refractivity contribution in [2.75, 3.05) is 80.6 Å². The van der Waals surface area contributed by atoms with Crippen LogP contribution >= 0.6 is 0 Å². The van der Waals surface area contributed by atoms with Crippen LogP contribution in [0.25, 0.3) is 33.1 Å². The minimum absolute atomic E-state index is 0.0561. The lowest BCUT2D eigenvalue weighted by Crippen LogP contribution is -2.60. The van der Waals surface area contributed by atoms with E-state index in [0.29, 0.717) is 111 Å². The number of nitrogens with zero attached hydrogens (tertiary/aromatic N) is 9. The number of ether oxygens (including phenoxy) is 1. The zero-order chi connectivity index (χ0) is 53.5. The Balaban J connectivity index is 0.650. The number of carboxylic acids is 1. The van der Waals surface area contributed by atoms with E-state index >= 15 is 0 Å². The van der Waals surface area contributed by atoms with Crippen molar-refractivity contribution >= 4 is 69.1 Å². The Hall–Kier alpha value is -8.16. The Morgan fingerprint density at radius 2 is 1.64 bits per heavy atom. The van der Waals surface area contributed by atoms with Crippen molar-refractivity contribution < 1.29 is 38.2 Å². The number of benzene rings is 4. The fourth-order valence-corrected chi connectivity index (χ4v) is 11.8. The van der Waals surface area contributed by atoms with E-state index in [1.54, 1.807) is 12.1 Å². The zero-order valence-electron chi connectivity index (χ0n) is 43.8. The summed E-state index contributed by atoms with van der Waals surface area (Å²) in [5.74, 6) is -1.14. The molecule has 4 aliphatic rings. The number of piperazine rings is 2. The first kappa shape index (κ1) is 51.0. The van der Waals surface area contributed by atoms with Crippen molar-refractivity contribution in [1.29, 1.82) is 0 Å². The highest BCUT2D eigenvalue weighted by Crippen LogP contribution is 2.36. The number of aryl methyl sites for hydroxylation is 2. The van der Waals surface area contributed by atoms with Gasteiger partial charge in [0.2, 0.25) is 17.7 Å². The summed E-state index contributed by atoms with van der Waals surface area (Å²) in [4.78, 5) is 84.9. The highest BCUT2D eigenvalue weighted by Gasteiger charge is 2.35. The molecule has 3 atom stereocenters. The minimum atomic E-state index is -1.13. The van der Waals surface area contributed by atoms with Crippen LogP contribution in [-0.4, -0.2) is 147 Å². The molecular weight excluding hydrogens is 979 g/mol. The van der Waals surface area contributed by atoms with Crippen molar-refractivity contribution in [3.05, 3.63) is 125 Å². The molecule has 19 heteroatoms. The van der Waals surface area contributed by atoms with Gasteiger partial charge in [0.25, 0.3) is 5.91 Å². The van der Waals surface area contributed by atoms with Gasteiger partial charge in [-0.15, -0.1) is 0 Å². The van der Waals surface area contributed by atoms with Gasteiger partial charge < -0.3 is 33.9 Å². The molecule has 4 aliphatic heterocycles. The first-order chi connectivity index (χ1) is 37.3. The third-order valence-electron chi connectivity index (χ3n) is 15.7. The maximum atomic E-state index is 13.8. The number of amides is 4. The molecule has 3 aromatic heterocycles. The first-order valence-electron chi connectivity index (χ1n) is 26.6. The van der Waals surface area contributed by atoms with E-state index in [9.17, 15) is 29.1 Å². The molecule has 1 unspecified atom stereocenters. The summed E-state index contributed by atoms with van der Waals surface area (Å²) in [7, 11) is 1.89. The summed E-state index contributed by atoms with van der Waals surface area (Å²) in [6, 6.07) is 28.9. The van der Waals surface area contributed by atoms with Gasteiger partial charge in [-0.2, -0.15) is 10.1 Å². The minimum Gasteiger partial charge on any atom is -0.494 e. The van der Waals surface area contributed by atoms with Gasteiger partial charge in [0.15, 0.2) is 11.3 Å². The number of carbonyl (C=O) groups excluding carboxylic acids is 4. The lowest BCUT2D eigenvalue weighted by molar-refractivity contribution is -0.135. The van der Waals surface area contributed by atoms with Crippen LogP contribution in [0.1, 0.15) is 82.3 Å². The van der Waals surface area contributed by atoms with E-state index in [4.69, 9.17) is 19.2 Å². The van der Waals surface area contributed by atoms with Gasteiger partial charge >= 0.3 is 12.0 Å². The number of hydrogen-bond donors (Lipinski definition) is 3. The Kier molecular flexibility index (Phi) is 14.2. The molecule has 398 valence electrons. The van der Waals surface area contributed by atoms with E-state index in [1.165, 1.54) is 0 Å². The summed E-state index contributed by atoms with van der Waals surface area (Å²) in [5, 5.41) is 21.4. The number of hydrogen-bond acceptors (Lipinski definition) is 14. The number of para-hydroxylation sites is 3. The van der Waals surface area contributed by atoms with Crippen LogP contribution < -0.4 is 25.2 Å². The Morgan fingerprint density at radius 1 is 0.857 bits per heavy atom. The van der Waals surface area contributed by atoms with E-state index in [1.807, 2.05) is 101 Å². The summed E-state index contributed by atoms with van der Waals surface area (Å²) in [5.41, 5.74) is 8.31. The van der Waals surface area contributed by atoms with Crippen LogP contribution in [-0.2, 0) is 34.4 Å². The average Bonchev–Trinajstić information content (AvgIpc) is 4.11. The largest absolute Gasteiger partial charge is 0.494 e. The fraction of sp³-hybridized carbons (Fsp3) is 0.379. The number of imide groups is 1. The third-order valence-corrected chi connectivity index (χ3v) is 15.7. The van der Waals surface area contributed by atoms with E-state index in [0.717, 1.165) is 64.9 Å². The first-order valence-corrected chi connectivity index (χ1v) is 26.6. The van der Waals surface area contributed by atoms with Gasteiger partial charge in [-0.1, -0.05) is 42.5 Å². The Bertz CT molecular complexity index is 3390. The molecule has 4 aromatic carbocycles. The van der Waals surface area contributed by atoms with Crippen LogP contribution in [0, 0.1) is 6.92 Å². The lowest BCUT2D eigenvalue weighted by Gasteiger charge is -2.45. The second kappa shape index (κ2) is 21.5. The number of rotatable bonds is 14. The molecule has 4 amide bonds. The summed E-state index contributed by atoms with van der Waals surface area (Å²) >= 11 is 0. The van der Waals surface area contributed by atoms with E-state index in [-0.39, 0.29) is 47.4 Å². The number of oxazole rings is 1. The monoisotopic (exact) mass is 1040 g/mol. The van der Waals surface area contributed by atoms with Gasteiger partial charge in [-0.05, 0) is 111 Å². The van der Waals surface area contributed by atoms with Crippen LogP contribution in [0.5, 0.6) is 5.75 Å². The number of piperidine rings is 1. The number of aromatic carboxylic acids is 1. The average molecular weight is 1040 g/mol. The highest BCUT2D eigenvalue weighted by atomic mass is 16.5. The molecule has 7 aromatic rings. The van der Waals surface area contributed by atoms with Crippen molar-refractivity contribution in [2.24, 2.45) is 7.05 Å². The second-order valence-electron chi connectivity index (χ2n) is 20.8. The number of nitrogens with one attached hydrogen (secondary N) is 2. The fourth-order valence-electron chi connectivity index (χ4n) is 11.8. The van der Waals surface area contributed by atoms with Gasteiger partial charge in [0.1, 0.15) is 17.1 Å². The van der Waals surface area contributed by atoms with Gasteiger partial charge in [0.05, 0.1) is 36.0 Å². The van der Waals surface area contributed by atoms with E-state index in [2.05, 4.69) is 50.2 Å². The number of pyridine rings is 1. The van der Waals surface area contributed by atoms with Gasteiger partial charge in [-0.25, -0.2) is 9.78 Å². The molecule has 7 heterocycles. The lowest BCUT2D eigenvalue weighted by atomic mass is 9.92. The molecule has 3 fully saturated rings. The molecule has 0 aliphatic carbocycles. The standard InChI is InChI=1S/C58H63N11O8/c1-35-30-39(16-17-40(35)41-18-20-49(60-53(41)57(74)75)68-24-22-38-10-7-11-42(45(38)33-68)55(72)62-58-59-46-13-5-6-15-48(46)77-58)76-29-9-23-65-31-36(2)69(37(3)32-65)34-51(71)67-27-25-66(26-28-67)47-14-8-12-43-52(63-64(4)54(43)47)44-19-21-50(70)61-56(44)73/h5-8,10-18,20,30,36-37,44H,9,19,21-29,31-34H2,1-4H3,(H,74,75)(H,59,62,72)(H,61,70,73)/t36-,37+,44?. The molecule has 0 radical (unpaired) electrons. The number of carbonyl (C=O) groups is 5. The summed E-state index contributed by atoms with van der Waals surface area (Å²) in [6.07, 6.45) is 2.20. The van der Waals surface area contributed by atoms with Gasteiger partial charge in [0, 0.05) is 101 Å². The number of aromatic nitrogens is 4. The topological polar surface area (TPSA) is 212 Å². The SMILES string of the molecule is Cc1cc(OCCCN2C[C@@H](C)N(CC(=O)N3CCN(c4cccc5c(C6CCC(=O)NC6=O)nn(C)c45)CC3)[C@@H](C)C2)ccc1-c1ccc(N2CCc3cccc(C(=O)Nc4nc5ccccc5o4)c3C2)nc1C(=O)O. The second-order valence-corrected chi connectivity index (χ2v) is 20.8. The van der Waals surface area contributed by atoms with Crippen molar-refractivity contribution in [3.63, 3.8) is 0 Å². The van der Waals surface area contributed by atoms with Crippen molar-refractivity contribution in [2.45, 2.75) is 71.0 Å². The quantitative estimate of drug-likeness (QED) is 0.0771. The molecule has 0 bridgehead atoms. The highest BCUT2D eigenvalue weighted by molar-refractivity contribution is 6.05. The third kappa shape index (κ3) is 10.4. The van der Waals surface area contributed by atoms with Gasteiger partial charge in [-0.3, -0.25) is 39.4 Å². The zero-order valence-corrected chi connectivity index (χ0v) is 43.8. The molecule has 77 heavy (non-hydrogen) atoms. The number of fused-ring (bicyclic) bond motifs is 3. The van der Waals surface area contributed by atoms with Crippen molar-refractivity contribution in [1.82, 2.24) is 39.8 Å². The predicted molar refractivity (Wildman–Crippen MR) is 291 cm³/mol. The smallest absolute Gasteiger partial charge is 0.355 e. The molecule has 0 saturated carbocycles. The normalized spacial score (nSPS) is 19.4. The molecule has 3 saturated heterocycles. The van der Waals surface area contributed by atoms with Crippen LogP contribution in [0.4, 0.5) is 17.5 Å².